The number of carbonyl (C=O) groups excluding carboxylic acids is 1. The lowest BCUT2D eigenvalue weighted by atomic mass is 9.94. The predicted molar refractivity (Wildman–Crippen MR) is 121 cm³/mol. The molecule has 5 rings (SSSR count). The van der Waals surface area contributed by atoms with Crippen LogP contribution in [-0.2, 0) is 5.75 Å². The second-order valence-corrected chi connectivity index (χ2v) is 9.41. The molecule has 0 aliphatic carbocycles. The second kappa shape index (κ2) is 7.91. The number of fused-ring (bicyclic) bond motifs is 3. The first-order chi connectivity index (χ1) is 15.8. The van der Waals surface area contributed by atoms with E-state index in [-0.39, 0.29) is 18.4 Å². The van der Waals surface area contributed by atoms with E-state index >= 15 is 0 Å². The Morgan fingerprint density at radius 1 is 1.03 bits per heavy atom. The SMILES string of the molecule is CC(C)N1CN(C2c3cc(F)ccc3CSc3ccc(F)cc32)n2ccc(=O)c(O)c2C1=O. The van der Waals surface area contributed by atoms with E-state index in [9.17, 15) is 23.5 Å². The van der Waals surface area contributed by atoms with Crippen molar-refractivity contribution in [1.82, 2.24) is 9.58 Å². The predicted octanol–water partition coefficient (Wildman–Crippen LogP) is 3.99. The van der Waals surface area contributed by atoms with Crippen LogP contribution in [0, 0.1) is 11.6 Å². The van der Waals surface area contributed by atoms with E-state index in [1.807, 2.05) is 13.8 Å². The molecule has 0 saturated heterocycles. The maximum absolute atomic E-state index is 14.5. The zero-order valence-corrected chi connectivity index (χ0v) is 18.8. The van der Waals surface area contributed by atoms with Crippen molar-refractivity contribution in [1.29, 1.82) is 0 Å². The van der Waals surface area contributed by atoms with Crippen molar-refractivity contribution in [3.05, 3.63) is 92.9 Å². The van der Waals surface area contributed by atoms with Gasteiger partial charge in [-0.1, -0.05) is 6.07 Å². The van der Waals surface area contributed by atoms with E-state index in [4.69, 9.17) is 0 Å². The number of thioether (sulfide) groups is 1. The van der Waals surface area contributed by atoms with Crippen LogP contribution in [-0.4, -0.2) is 33.3 Å². The first-order valence-corrected chi connectivity index (χ1v) is 11.5. The summed E-state index contributed by atoms with van der Waals surface area (Å²) in [6.07, 6.45) is 1.42. The van der Waals surface area contributed by atoms with E-state index in [2.05, 4.69) is 0 Å². The van der Waals surface area contributed by atoms with Gasteiger partial charge in [0, 0.05) is 29.0 Å². The summed E-state index contributed by atoms with van der Waals surface area (Å²) in [6.45, 7) is 3.75. The fourth-order valence-corrected chi connectivity index (χ4v) is 5.49. The molecule has 1 aromatic heterocycles. The second-order valence-electron chi connectivity index (χ2n) is 8.39. The van der Waals surface area contributed by atoms with Crippen LogP contribution in [0.15, 0.2) is 58.4 Å². The Balaban J connectivity index is 1.82. The normalized spacial score (nSPS) is 17.5. The van der Waals surface area contributed by atoms with Gasteiger partial charge in [0.1, 0.15) is 18.3 Å². The molecule has 2 aromatic carbocycles. The number of aromatic hydroxyl groups is 1. The van der Waals surface area contributed by atoms with Gasteiger partial charge in [-0.3, -0.25) is 19.3 Å². The van der Waals surface area contributed by atoms with Crippen molar-refractivity contribution in [2.75, 3.05) is 11.7 Å². The zero-order chi connectivity index (χ0) is 23.4. The number of rotatable bonds is 2. The Bertz CT molecular complexity index is 1290. The molecule has 170 valence electrons. The highest BCUT2D eigenvalue weighted by Gasteiger charge is 2.39. The highest BCUT2D eigenvalue weighted by atomic mass is 32.2. The summed E-state index contributed by atoms with van der Waals surface area (Å²) < 4.78 is 30.3. The van der Waals surface area contributed by atoms with Gasteiger partial charge < -0.3 is 10.0 Å². The van der Waals surface area contributed by atoms with Gasteiger partial charge in [0.25, 0.3) is 5.91 Å². The Morgan fingerprint density at radius 2 is 1.73 bits per heavy atom. The van der Waals surface area contributed by atoms with Crippen LogP contribution in [0.25, 0.3) is 0 Å². The molecule has 3 aromatic rings. The number of nitrogens with zero attached hydrogens (tertiary/aromatic N) is 3. The van der Waals surface area contributed by atoms with Gasteiger partial charge >= 0.3 is 0 Å². The molecule has 1 N–H and O–H groups in total. The van der Waals surface area contributed by atoms with E-state index in [1.165, 1.54) is 57.9 Å². The molecular formula is C24H21F2N3O3S. The smallest absolute Gasteiger partial charge is 0.278 e. The number of hydrogen-bond acceptors (Lipinski definition) is 5. The minimum absolute atomic E-state index is 0.0903. The molecule has 2 aliphatic heterocycles. The van der Waals surface area contributed by atoms with Crippen molar-refractivity contribution in [3.8, 4) is 5.75 Å². The van der Waals surface area contributed by atoms with Crippen LogP contribution in [0.1, 0.15) is 47.1 Å². The number of amides is 1. The fourth-order valence-electron chi connectivity index (χ4n) is 4.42. The number of hydrogen-bond donors (Lipinski definition) is 1. The Labute approximate surface area is 193 Å². The van der Waals surface area contributed by atoms with Crippen LogP contribution >= 0.6 is 11.8 Å². The third kappa shape index (κ3) is 3.47. The topological polar surface area (TPSA) is 65.8 Å². The third-order valence-corrected chi connectivity index (χ3v) is 7.20. The summed E-state index contributed by atoms with van der Waals surface area (Å²) >= 11 is 1.52. The lowest BCUT2D eigenvalue weighted by Gasteiger charge is -2.45. The number of carbonyl (C=O) groups is 1. The van der Waals surface area contributed by atoms with Gasteiger partial charge in [-0.05, 0) is 60.9 Å². The zero-order valence-electron chi connectivity index (χ0n) is 18.0. The van der Waals surface area contributed by atoms with Crippen molar-refractivity contribution < 1.29 is 18.7 Å². The lowest BCUT2D eigenvalue weighted by molar-refractivity contribution is 0.0621. The summed E-state index contributed by atoms with van der Waals surface area (Å²) in [7, 11) is 0. The molecule has 9 heteroatoms. The fraction of sp³-hybridized carbons (Fsp3) is 0.250. The molecule has 0 saturated carbocycles. The standard InChI is InChI=1S/C24H21F2N3O3S/c1-13(2)27-12-29(28-8-7-19(30)23(31)22(28)24(27)32)21-17-9-15(25)4-3-14(17)11-33-20-6-5-16(26)10-18(20)21/h3-10,13,21,31H,11-12H2,1-2H3. The molecular weight excluding hydrogens is 448 g/mol. The van der Waals surface area contributed by atoms with Crippen LogP contribution < -0.4 is 10.4 Å². The summed E-state index contributed by atoms with van der Waals surface area (Å²) in [5.41, 5.74) is 1.29. The molecule has 3 heterocycles. The van der Waals surface area contributed by atoms with Crippen LogP contribution in [0.4, 0.5) is 8.78 Å². The summed E-state index contributed by atoms with van der Waals surface area (Å²) in [5, 5.41) is 12.3. The molecule has 33 heavy (non-hydrogen) atoms. The molecule has 6 nitrogen and oxygen atoms in total. The number of benzene rings is 2. The van der Waals surface area contributed by atoms with Crippen molar-refractivity contribution >= 4 is 17.7 Å². The monoisotopic (exact) mass is 469 g/mol. The first-order valence-electron chi connectivity index (χ1n) is 10.5. The molecule has 2 aliphatic rings. The van der Waals surface area contributed by atoms with Gasteiger partial charge in [-0.25, -0.2) is 8.78 Å². The highest BCUT2D eigenvalue weighted by molar-refractivity contribution is 7.98. The van der Waals surface area contributed by atoms with Gasteiger partial charge in [0.15, 0.2) is 11.4 Å². The maximum Gasteiger partial charge on any atom is 0.278 e. The quantitative estimate of drug-likeness (QED) is 0.615. The molecule has 0 bridgehead atoms. The van der Waals surface area contributed by atoms with Crippen molar-refractivity contribution in [2.45, 2.75) is 36.6 Å². The van der Waals surface area contributed by atoms with E-state index < -0.39 is 34.8 Å². The lowest BCUT2D eigenvalue weighted by Crippen LogP contribution is -2.57. The number of halogens is 2. The molecule has 1 amide bonds. The molecule has 0 spiro atoms. The first kappa shape index (κ1) is 21.5. The summed E-state index contributed by atoms with van der Waals surface area (Å²) in [4.78, 5) is 27.7. The Hall–Kier alpha value is -3.33. The number of aromatic nitrogens is 1. The summed E-state index contributed by atoms with van der Waals surface area (Å²) in [6, 6.07) is 9.29. The molecule has 1 unspecified atom stereocenters. The van der Waals surface area contributed by atoms with Gasteiger partial charge in [-0.15, -0.1) is 11.8 Å². The van der Waals surface area contributed by atoms with Crippen molar-refractivity contribution in [2.24, 2.45) is 0 Å². The van der Waals surface area contributed by atoms with Gasteiger partial charge in [0.2, 0.25) is 5.43 Å². The average Bonchev–Trinajstić information content (AvgIpc) is 2.92. The number of pyridine rings is 1. The van der Waals surface area contributed by atoms with Crippen LogP contribution in [0.3, 0.4) is 0 Å². The van der Waals surface area contributed by atoms with E-state index in [1.54, 1.807) is 17.1 Å². The highest BCUT2D eigenvalue weighted by Crippen LogP contribution is 2.43. The minimum Gasteiger partial charge on any atom is -0.502 e. The minimum atomic E-state index is -0.675. The molecule has 1 atom stereocenters. The van der Waals surface area contributed by atoms with Crippen LogP contribution in [0.2, 0.25) is 0 Å². The molecule has 0 fully saturated rings. The van der Waals surface area contributed by atoms with Crippen molar-refractivity contribution in [3.63, 3.8) is 0 Å². The van der Waals surface area contributed by atoms with Crippen LogP contribution in [0.5, 0.6) is 5.75 Å². The third-order valence-electron chi connectivity index (χ3n) is 6.06. The maximum atomic E-state index is 14.5. The van der Waals surface area contributed by atoms with E-state index in [0.29, 0.717) is 16.9 Å². The Kier molecular flexibility index (Phi) is 5.16. The summed E-state index contributed by atoms with van der Waals surface area (Å²) in [5.74, 6) is -1.44. The molecule has 0 radical (unpaired) electrons. The average molecular weight is 470 g/mol. The largest absolute Gasteiger partial charge is 0.502 e. The van der Waals surface area contributed by atoms with E-state index in [0.717, 1.165) is 10.5 Å². The Morgan fingerprint density at radius 3 is 2.45 bits per heavy atom. The van der Waals surface area contributed by atoms with Gasteiger partial charge in [0.05, 0.1) is 6.04 Å². The van der Waals surface area contributed by atoms with Gasteiger partial charge in [-0.2, -0.15) is 0 Å².